The van der Waals surface area contributed by atoms with Crippen molar-refractivity contribution in [1.82, 2.24) is 0 Å². The van der Waals surface area contributed by atoms with Crippen LogP contribution in [0.1, 0.15) is 12.5 Å². The molecular weight excluding hydrogens is 344 g/mol. The molecule has 0 aliphatic heterocycles. The summed E-state index contributed by atoms with van der Waals surface area (Å²) in [7, 11) is -3.54. The van der Waals surface area contributed by atoms with Gasteiger partial charge in [0.05, 0.1) is 15.9 Å². The van der Waals surface area contributed by atoms with Gasteiger partial charge in [-0.2, -0.15) is 0 Å². The van der Waals surface area contributed by atoms with Gasteiger partial charge in [-0.05, 0) is 24.6 Å². The largest absolute Gasteiger partial charge is 0.391 e. The highest BCUT2D eigenvalue weighted by atomic mass is 32.2. The number of anilines is 1. The van der Waals surface area contributed by atoms with Crippen LogP contribution in [0, 0.1) is 10.1 Å². The maximum absolute atomic E-state index is 11.6. The number of hydrogen-bond donors (Lipinski definition) is 2. The Kier molecular flexibility index (Phi) is 5.76. The molecule has 0 aliphatic carbocycles. The van der Waals surface area contributed by atoms with Crippen LogP contribution in [0.4, 0.5) is 11.4 Å². The van der Waals surface area contributed by atoms with Gasteiger partial charge in [0.25, 0.3) is 5.69 Å². The fourth-order valence-corrected chi connectivity index (χ4v) is 3.03. The van der Waals surface area contributed by atoms with E-state index in [1.807, 2.05) is 30.3 Å². The molecule has 0 fully saturated rings. The van der Waals surface area contributed by atoms with Crippen molar-refractivity contribution < 1.29 is 18.4 Å². The number of rotatable bonds is 7. The van der Waals surface area contributed by atoms with Crippen LogP contribution in [0.25, 0.3) is 0 Å². The molecule has 134 valence electrons. The predicted octanol–water partition coefficient (Wildman–Crippen LogP) is 2.40. The van der Waals surface area contributed by atoms with E-state index < -0.39 is 26.9 Å². The summed E-state index contributed by atoms with van der Waals surface area (Å²) < 4.78 is 23.1. The van der Waals surface area contributed by atoms with Gasteiger partial charge in [-0.25, -0.2) is 8.42 Å². The summed E-state index contributed by atoms with van der Waals surface area (Å²) in [4.78, 5) is 10.5. The second-order valence-electron chi connectivity index (χ2n) is 5.90. The Hall–Kier alpha value is -2.45. The normalized spacial score (nSPS) is 13.9. The van der Waals surface area contributed by atoms with Crippen LogP contribution >= 0.6 is 0 Å². The average molecular weight is 364 g/mol. The molecule has 2 rings (SSSR count). The first-order valence-electron chi connectivity index (χ1n) is 7.65. The molecule has 2 aromatic rings. The first-order valence-corrected chi connectivity index (χ1v) is 9.54. The fraction of sp³-hybridized carbons (Fsp3) is 0.294. The maximum Gasteiger partial charge on any atom is 0.293 e. The van der Waals surface area contributed by atoms with Gasteiger partial charge in [-0.1, -0.05) is 30.3 Å². The number of aliphatic hydroxyl groups is 1. The van der Waals surface area contributed by atoms with Crippen molar-refractivity contribution in [3.8, 4) is 0 Å². The lowest BCUT2D eigenvalue weighted by atomic mass is 10.0. The molecule has 0 aliphatic rings. The minimum Gasteiger partial charge on any atom is -0.391 e. The molecule has 2 atom stereocenters. The monoisotopic (exact) mass is 364 g/mol. The lowest BCUT2D eigenvalue weighted by Crippen LogP contribution is -2.32. The van der Waals surface area contributed by atoms with Crippen LogP contribution < -0.4 is 5.32 Å². The summed E-state index contributed by atoms with van der Waals surface area (Å²) in [5.41, 5.74) is 0.768. The summed E-state index contributed by atoms with van der Waals surface area (Å²) in [5, 5.41) is 24.5. The highest BCUT2D eigenvalue weighted by Crippen LogP contribution is 2.28. The second-order valence-corrected chi connectivity index (χ2v) is 7.91. The molecule has 8 heteroatoms. The number of nitro groups is 1. The molecule has 0 amide bonds. The van der Waals surface area contributed by atoms with Gasteiger partial charge in [0, 0.05) is 24.8 Å². The SMILES string of the molecule is CC(Nc1ccc(S(C)(=O)=O)cc1[N+](=O)[O-])C(O)Cc1ccccc1. The zero-order valence-corrected chi connectivity index (χ0v) is 14.7. The Bertz CT molecular complexity index is 853. The molecule has 0 spiro atoms. The third-order valence-electron chi connectivity index (χ3n) is 3.84. The van der Waals surface area contributed by atoms with Crippen LogP contribution in [0.15, 0.2) is 53.4 Å². The van der Waals surface area contributed by atoms with Crippen LogP contribution in [0.2, 0.25) is 0 Å². The number of nitro benzene ring substituents is 1. The first-order chi connectivity index (χ1) is 11.7. The zero-order valence-electron chi connectivity index (χ0n) is 13.9. The number of hydrogen-bond acceptors (Lipinski definition) is 6. The van der Waals surface area contributed by atoms with E-state index in [-0.39, 0.29) is 16.3 Å². The smallest absolute Gasteiger partial charge is 0.293 e. The molecule has 0 bridgehead atoms. The van der Waals surface area contributed by atoms with Crippen molar-refractivity contribution in [2.45, 2.75) is 30.4 Å². The third kappa shape index (κ3) is 5.01. The second kappa shape index (κ2) is 7.62. The van der Waals surface area contributed by atoms with Crippen LogP contribution in [0.5, 0.6) is 0 Å². The Morgan fingerprint density at radius 2 is 1.84 bits per heavy atom. The first kappa shape index (κ1) is 18.9. The van der Waals surface area contributed by atoms with Crippen LogP contribution in [-0.2, 0) is 16.3 Å². The molecule has 0 heterocycles. The highest BCUT2D eigenvalue weighted by molar-refractivity contribution is 7.90. The summed E-state index contributed by atoms with van der Waals surface area (Å²) in [6.45, 7) is 1.71. The quantitative estimate of drug-likeness (QED) is 0.577. The maximum atomic E-state index is 11.6. The molecule has 2 aromatic carbocycles. The summed E-state index contributed by atoms with van der Waals surface area (Å²) in [6, 6.07) is 12.6. The summed E-state index contributed by atoms with van der Waals surface area (Å²) >= 11 is 0. The molecule has 0 aromatic heterocycles. The van der Waals surface area contributed by atoms with E-state index in [4.69, 9.17) is 0 Å². The van der Waals surface area contributed by atoms with E-state index in [9.17, 15) is 23.6 Å². The van der Waals surface area contributed by atoms with Crippen molar-refractivity contribution in [2.75, 3.05) is 11.6 Å². The number of benzene rings is 2. The van der Waals surface area contributed by atoms with E-state index in [1.165, 1.54) is 12.1 Å². The van der Waals surface area contributed by atoms with Crippen molar-refractivity contribution in [2.24, 2.45) is 0 Å². The molecule has 0 saturated heterocycles. The van der Waals surface area contributed by atoms with Gasteiger partial charge in [-0.3, -0.25) is 10.1 Å². The van der Waals surface area contributed by atoms with Crippen LogP contribution in [0.3, 0.4) is 0 Å². The van der Waals surface area contributed by atoms with Crippen LogP contribution in [-0.4, -0.2) is 36.8 Å². The van der Waals surface area contributed by atoms with Crippen molar-refractivity contribution in [1.29, 1.82) is 0 Å². The molecule has 2 unspecified atom stereocenters. The number of aliphatic hydroxyl groups excluding tert-OH is 1. The molecule has 25 heavy (non-hydrogen) atoms. The Morgan fingerprint density at radius 1 is 1.20 bits per heavy atom. The van der Waals surface area contributed by atoms with Gasteiger partial charge >= 0.3 is 0 Å². The van der Waals surface area contributed by atoms with E-state index in [1.54, 1.807) is 6.92 Å². The van der Waals surface area contributed by atoms with E-state index in [2.05, 4.69) is 5.32 Å². The molecule has 0 saturated carbocycles. The van der Waals surface area contributed by atoms with Gasteiger partial charge in [0.2, 0.25) is 0 Å². The number of sulfone groups is 1. The van der Waals surface area contributed by atoms with Gasteiger partial charge in [-0.15, -0.1) is 0 Å². The molecular formula is C17H20N2O5S. The van der Waals surface area contributed by atoms with Crippen molar-refractivity contribution >= 4 is 21.2 Å². The summed E-state index contributed by atoms with van der Waals surface area (Å²) in [5.74, 6) is 0. The minimum absolute atomic E-state index is 0.123. The molecule has 7 nitrogen and oxygen atoms in total. The molecule has 0 radical (unpaired) electrons. The zero-order chi connectivity index (χ0) is 18.6. The van der Waals surface area contributed by atoms with Gasteiger partial charge < -0.3 is 10.4 Å². The molecule has 2 N–H and O–H groups in total. The Balaban J connectivity index is 2.19. The lowest BCUT2D eigenvalue weighted by Gasteiger charge is -2.21. The lowest BCUT2D eigenvalue weighted by molar-refractivity contribution is -0.384. The fourth-order valence-electron chi connectivity index (χ4n) is 2.39. The van der Waals surface area contributed by atoms with Crippen molar-refractivity contribution in [3.05, 3.63) is 64.2 Å². The van der Waals surface area contributed by atoms with Gasteiger partial charge in [0.1, 0.15) is 5.69 Å². The average Bonchev–Trinajstić information content (AvgIpc) is 2.54. The van der Waals surface area contributed by atoms with E-state index in [0.717, 1.165) is 17.9 Å². The Labute approximate surface area is 146 Å². The standard InChI is InChI=1S/C17H20N2O5S/c1-12(17(20)10-13-6-4-3-5-7-13)18-15-9-8-14(25(2,23)24)11-16(15)19(21)22/h3-9,11-12,17-18,20H,10H2,1-2H3. The predicted molar refractivity (Wildman–Crippen MR) is 95.4 cm³/mol. The minimum atomic E-state index is -3.54. The number of nitrogens with one attached hydrogen (secondary N) is 1. The summed E-state index contributed by atoms with van der Waals surface area (Å²) in [6.07, 6.45) is 0.618. The third-order valence-corrected chi connectivity index (χ3v) is 4.95. The highest BCUT2D eigenvalue weighted by Gasteiger charge is 2.22. The topological polar surface area (TPSA) is 110 Å². The Morgan fingerprint density at radius 3 is 2.40 bits per heavy atom. The van der Waals surface area contributed by atoms with Crippen molar-refractivity contribution in [3.63, 3.8) is 0 Å². The number of nitrogens with zero attached hydrogens (tertiary/aromatic N) is 1. The van der Waals surface area contributed by atoms with Gasteiger partial charge in [0.15, 0.2) is 9.84 Å². The van der Waals surface area contributed by atoms with E-state index >= 15 is 0 Å². The van der Waals surface area contributed by atoms with E-state index in [0.29, 0.717) is 6.42 Å².